The molecule has 2 aromatic rings. The van der Waals surface area contributed by atoms with Crippen LogP contribution in [-0.4, -0.2) is 24.7 Å². The van der Waals surface area contributed by atoms with Crippen LogP contribution in [0.5, 0.6) is 5.75 Å². The van der Waals surface area contributed by atoms with Gasteiger partial charge in [0, 0.05) is 18.4 Å². The number of rotatable bonds is 8. The van der Waals surface area contributed by atoms with Crippen LogP contribution in [-0.2, 0) is 11.3 Å². The van der Waals surface area contributed by atoms with Crippen LogP contribution in [0.1, 0.15) is 12.6 Å². The number of nitrogens with one attached hydrogen (secondary N) is 1. The minimum absolute atomic E-state index is 0.497. The molecule has 0 bridgehead atoms. The van der Waals surface area contributed by atoms with Crippen LogP contribution in [0.2, 0.25) is 0 Å². The molecule has 20 heavy (non-hydrogen) atoms. The fourth-order valence-electron chi connectivity index (χ4n) is 1.78. The van der Waals surface area contributed by atoms with Crippen LogP contribution in [0.15, 0.2) is 48.7 Å². The number of benzene rings is 1. The van der Waals surface area contributed by atoms with Crippen molar-refractivity contribution in [3.8, 4) is 5.75 Å². The first-order valence-corrected chi connectivity index (χ1v) is 6.83. The molecule has 0 aliphatic rings. The van der Waals surface area contributed by atoms with Crippen LogP contribution in [0.3, 0.4) is 0 Å². The van der Waals surface area contributed by atoms with Crippen molar-refractivity contribution in [2.24, 2.45) is 0 Å². The summed E-state index contributed by atoms with van der Waals surface area (Å²) in [5, 5.41) is 3.25. The summed E-state index contributed by atoms with van der Waals surface area (Å²) in [5.74, 6) is 0.864. The van der Waals surface area contributed by atoms with Crippen molar-refractivity contribution in [1.82, 2.24) is 4.98 Å². The highest BCUT2D eigenvalue weighted by atomic mass is 16.5. The van der Waals surface area contributed by atoms with E-state index in [1.165, 1.54) is 0 Å². The van der Waals surface area contributed by atoms with Crippen molar-refractivity contribution in [1.29, 1.82) is 0 Å². The smallest absolute Gasteiger partial charge is 0.119 e. The number of nitrogens with zero attached hydrogens (tertiary/aromatic N) is 1. The van der Waals surface area contributed by atoms with E-state index in [2.05, 4.69) is 17.2 Å². The zero-order valence-electron chi connectivity index (χ0n) is 11.7. The summed E-state index contributed by atoms with van der Waals surface area (Å²) < 4.78 is 11.1. The molecule has 2 rings (SSSR count). The molecule has 0 aliphatic carbocycles. The number of ether oxygens (including phenoxy) is 2. The molecular weight excluding hydrogens is 252 g/mol. The van der Waals surface area contributed by atoms with Gasteiger partial charge in [0.25, 0.3) is 0 Å². The summed E-state index contributed by atoms with van der Waals surface area (Å²) in [6.45, 7) is 4.54. The summed E-state index contributed by atoms with van der Waals surface area (Å²) in [6, 6.07) is 13.7. The maximum absolute atomic E-state index is 5.56. The van der Waals surface area contributed by atoms with Gasteiger partial charge in [-0.1, -0.05) is 18.2 Å². The van der Waals surface area contributed by atoms with Gasteiger partial charge in [-0.15, -0.1) is 0 Å². The third-order valence-corrected chi connectivity index (χ3v) is 2.69. The third kappa shape index (κ3) is 4.90. The Balaban J connectivity index is 1.67. The molecule has 0 aliphatic heterocycles. The predicted octanol–water partition coefficient (Wildman–Crippen LogP) is 3.11. The molecule has 0 spiro atoms. The van der Waals surface area contributed by atoms with Gasteiger partial charge in [-0.2, -0.15) is 0 Å². The van der Waals surface area contributed by atoms with Crippen LogP contribution in [0, 0.1) is 0 Å². The Hall–Kier alpha value is -2.07. The second-order valence-corrected chi connectivity index (χ2v) is 4.28. The van der Waals surface area contributed by atoms with Crippen molar-refractivity contribution >= 4 is 5.69 Å². The van der Waals surface area contributed by atoms with Crippen LogP contribution in [0.25, 0.3) is 0 Å². The van der Waals surface area contributed by atoms with Crippen LogP contribution in [0.4, 0.5) is 5.69 Å². The molecule has 0 amide bonds. The van der Waals surface area contributed by atoms with Crippen LogP contribution >= 0.6 is 0 Å². The number of hydrogen-bond acceptors (Lipinski definition) is 4. The van der Waals surface area contributed by atoms with Gasteiger partial charge in [-0.3, -0.25) is 4.98 Å². The summed E-state index contributed by atoms with van der Waals surface area (Å²) in [6.07, 6.45) is 1.79. The van der Waals surface area contributed by atoms with Gasteiger partial charge in [-0.05, 0) is 31.2 Å². The van der Waals surface area contributed by atoms with Crippen LogP contribution < -0.4 is 10.1 Å². The Morgan fingerprint density at radius 1 is 1.10 bits per heavy atom. The van der Waals surface area contributed by atoms with Crippen molar-refractivity contribution in [3.63, 3.8) is 0 Å². The first-order valence-electron chi connectivity index (χ1n) is 6.83. The number of para-hydroxylation sites is 1. The minimum atomic E-state index is 0.497. The largest absolute Gasteiger partial charge is 0.491 e. The van der Waals surface area contributed by atoms with E-state index in [4.69, 9.17) is 9.47 Å². The SMILES string of the molecule is CCNc1ccnc(COCCOc2ccccc2)c1. The van der Waals surface area contributed by atoms with Crippen molar-refractivity contribution in [2.45, 2.75) is 13.5 Å². The standard InChI is InChI=1S/C16H20N2O2/c1-2-17-14-8-9-18-15(12-14)13-19-10-11-20-16-6-4-3-5-7-16/h3-9,12H,2,10-11,13H2,1H3,(H,17,18). The fraction of sp³-hybridized carbons (Fsp3) is 0.312. The molecule has 0 saturated carbocycles. The molecule has 0 fully saturated rings. The highest BCUT2D eigenvalue weighted by molar-refractivity contribution is 5.42. The molecule has 0 radical (unpaired) electrons. The molecule has 0 atom stereocenters. The number of aromatic nitrogens is 1. The second-order valence-electron chi connectivity index (χ2n) is 4.28. The molecule has 1 aromatic heterocycles. The molecule has 0 saturated heterocycles. The van der Waals surface area contributed by atoms with E-state index in [1.807, 2.05) is 42.5 Å². The first kappa shape index (κ1) is 14.3. The van der Waals surface area contributed by atoms with Gasteiger partial charge in [0.05, 0.1) is 18.9 Å². The maximum atomic E-state index is 5.56. The Kier molecular flexibility index (Phi) is 5.86. The maximum Gasteiger partial charge on any atom is 0.119 e. The molecule has 1 heterocycles. The highest BCUT2D eigenvalue weighted by Crippen LogP contribution is 2.09. The first-order chi connectivity index (χ1) is 9.88. The predicted molar refractivity (Wildman–Crippen MR) is 80.0 cm³/mol. The van der Waals surface area contributed by atoms with E-state index in [1.54, 1.807) is 6.20 Å². The highest BCUT2D eigenvalue weighted by Gasteiger charge is 1.98. The quantitative estimate of drug-likeness (QED) is 0.750. The fourth-order valence-corrected chi connectivity index (χ4v) is 1.78. The van der Waals surface area contributed by atoms with Gasteiger partial charge in [0.2, 0.25) is 0 Å². The van der Waals surface area contributed by atoms with Gasteiger partial charge in [0.1, 0.15) is 12.4 Å². The monoisotopic (exact) mass is 272 g/mol. The molecular formula is C16H20N2O2. The van der Waals surface area contributed by atoms with E-state index in [-0.39, 0.29) is 0 Å². The number of hydrogen-bond donors (Lipinski definition) is 1. The number of pyridine rings is 1. The lowest BCUT2D eigenvalue weighted by atomic mass is 10.3. The summed E-state index contributed by atoms with van der Waals surface area (Å²) >= 11 is 0. The van der Waals surface area contributed by atoms with Gasteiger partial charge in [-0.25, -0.2) is 0 Å². The molecule has 1 N–H and O–H groups in total. The molecule has 106 valence electrons. The topological polar surface area (TPSA) is 43.4 Å². The van der Waals surface area contributed by atoms with E-state index in [0.717, 1.165) is 23.7 Å². The van der Waals surface area contributed by atoms with E-state index >= 15 is 0 Å². The molecule has 4 nitrogen and oxygen atoms in total. The zero-order valence-corrected chi connectivity index (χ0v) is 11.7. The summed E-state index contributed by atoms with van der Waals surface area (Å²) in [5.41, 5.74) is 1.99. The number of anilines is 1. The van der Waals surface area contributed by atoms with Crippen molar-refractivity contribution in [2.75, 3.05) is 25.1 Å². The van der Waals surface area contributed by atoms with Crippen molar-refractivity contribution < 1.29 is 9.47 Å². The third-order valence-electron chi connectivity index (χ3n) is 2.69. The van der Waals surface area contributed by atoms with Crippen molar-refractivity contribution in [3.05, 3.63) is 54.4 Å². The van der Waals surface area contributed by atoms with Gasteiger partial charge >= 0.3 is 0 Å². The molecule has 4 heteroatoms. The Morgan fingerprint density at radius 2 is 1.95 bits per heavy atom. The lowest BCUT2D eigenvalue weighted by Gasteiger charge is -2.08. The Morgan fingerprint density at radius 3 is 2.75 bits per heavy atom. The van der Waals surface area contributed by atoms with Gasteiger partial charge < -0.3 is 14.8 Å². The zero-order chi connectivity index (χ0) is 14.0. The second kappa shape index (κ2) is 8.17. The normalized spacial score (nSPS) is 10.2. The average Bonchev–Trinajstić information content (AvgIpc) is 2.49. The lowest BCUT2D eigenvalue weighted by Crippen LogP contribution is -2.07. The lowest BCUT2D eigenvalue weighted by molar-refractivity contribution is 0.0870. The van der Waals surface area contributed by atoms with E-state index in [9.17, 15) is 0 Å². The van der Waals surface area contributed by atoms with E-state index in [0.29, 0.717) is 19.8 Å². The average molecular weight is 272 g/mol. The van der Waals surface area contributed by atoms with Gasteiger partial charge in [0.15, 0.2) is 0 Å². The minimum Gasteiger partial charge on any atom is -0.491 e. The Labute approximate surface area is 119 Å². The van der Waals surface area contributed by atoms with E-state index < -0.39 is 0 Å². The molecule has 0 unspecified atom stereocenters. The summed E-state index contributed by atoms with van der Waals surface area (Å²) in [7, 11) is 0. The molecule has 1 aromatic carbocycles. The summed E-state index contributed by atoms with van der Waals surface area (Å²) in [4.78, 5) is 4.27. The Bertz CT molecular complexity index is 503.